The fourth-order valence-corrected chi connectivity index (χ4v) is 2.09. The van der Waals surface area contributed by atoms with Crippen LogP contribution in [0.1, 0.15) is 58.8 Å². The Morgan fingerprint density at radius 2 is 2.14 bits per heavy atom. The van der Waals surface area contributed by atoms with E-state index in [0.717, 1.165) is 12.8 Å². The number of hydrogen-bond acceptors (Lipinski definition) is 3. The molecule has 2 unspecified atom stereocenters. The van der Waals surface area contributed by atoms with Crippen molar-refractivity contribution in [1.29, 1.82) is 0 Å². The summed E-state index contributed by atoms with van der Waals surface area (Å²) in [5.74, 6) is 0.522. The Balaban J connectivity index is 2.19. The molecule has 1 rings (SSSR count). The Labute approximate surface area is 127 Å². The van der Waals surface area contributed by atoms with Crippen molar-refractivity contribution < 1.29 is 14.3 Å². The number of aliphatic hydroxyl groups is 1. The van der Waals surface area contributed by atoms with Crippen molar-refractivity contribution >= 4 is 6.03 Å². The molecule has 1 aromatic heterocycles. The number of amides is 2. The second-order valence-corrected chi connectivity index (χ2v) is 6.73. The predicted molar refractivity (Wildman–Crippen MR) is 83.0 cm³/mol. The summed E-state index contributed by atoms with van der Waals surface area (Å²) in [7, 11) is 0. The van der Waals surface area contributed by atoms with Crippen LogP contribution in [0.4, 0.5) is 4.79 Å². The maximum Gasteiger partial charge on any atom is 0.314 e. The lowest BCUT2D eigenvalue weighted by Crippen LogP contribution is -2.41. The third-order valence-corrected chi connectivity index (χ3v) is 3.22. The first-order chi connectivity index (χ1) is 9.78. The van der Waals surface area contributed by atoms with Crippen molar-refractivity contribution in [3.05, 3.63) is 24.2 Å². The fraction of sp³-hybridized carbons (Fsp3) is 0.688. The molecule has 0 saturated heterocycles. The van der Waals surface area contributed by atoms with Gasteiger partial charge in [-0.15, -0.1) is 0 Å². The van der Waals surface area contributed by atoms with Gasteiger partial charge in [0.15, 0.2) is 0 Å². The molecule has 0 spiro atoms. The highest BCUT2D eigenvalue weighted by atomic mass is 16.4. The molecule has 1 aromatic rings. The van der Waals surface area contributed by atoms with Gasteiger partial charge in [0.05, 0.1) is 6.26 Å². The lowest BCUT2D eigenvalue weighted by atomic mass is 9.91. The highest BCUT2D eigenvalue weighted by molar-refractivity contribution is 5.74. The van der Waals surface area contributed by atoms with Crippen molar-refractivity contribution in [2.75, 3.05) is 6.54 Å². The van der Waals surface area contributed by atoms with Gasteiger partial charge in [-0.3, -0.25) is 0 Å². The quantitative estimate of drug-likeness (QED) is 0.676. The highest BCUT2D eigenvalue weighted by Crippen LogP contribution is 2.20. The Bertz CT molecular complexity index is 410. The lowest BCUT2D eigenvalue weighted by molar-refractivity contribution is 0.129. The van der Waals surface area contributed by atoms with E-state index < -0.39 is 6.10 Å². The van der Waals surface area contributed by atoms with Gasteiger partial charge in [-0.1, -0.05) is 20.8 Å². The summed E-state index contributed by atoms with van der Waals surface area (Å²) >= 11 is 0. The molecule has 0 fully saturated rings. The monoisotopic (exact) mass is 296 g/mol. The highest BCUT2D eigenvalue weighted by Gasteiger charge is 2.16. The average Bonchev–Trinajstić information content (AvgIpc) is 2.87. The number of hydrogen-bond donors (Lipinski definition) is 3. The minimum atomic E-state index is -0.698. The number of rotatable bonds is 7. The van der Waals surface area contributed by atoms with E-state index in [-0.39, 0.29) is 12.1 Å². The first-order valence-corrected chi connectivity index (χ1v) is 7.54. The van der Waals surface area contributed by atoms with E-state index >= 15 is 0 Å². The van der Waals surface area contributed by atoms with Crippen molar-refractivity contribution in [2.24, 2.45) is 5.41 Å². The molecule has 0 aromatic carbocycles. The third kappa shape index (κ3) is 7.75. The molecule has 1 heterocycles. The van der Waals surface area contributed by atoms with Gasteiger partial charge in [0.2, 0.25) is 0 Å². The van der Waals surface area contributed by atoms with Gasteiger partial charge in [-0.2, -0.15) is 0 Å². The molecule has 0 aliphatic heterocycles. The molecular formula is C16H28N2O3. The molecule has 5 nitrogen and oxygen atoms in total. The minimum absolute atomic E-state index is 0.132. The maximum absolute atomic E-state index is 11.7. The molecular weight excluding hydrogens is 268 g/mol. The van der Waals surface area contributed by atoms with Crippen molar-refractivity contribution in [3.8, 4) is 0 Å². The van der Waals surface area contributed by atoms with Gasteiger partial charge in [0.1, 0.15) is 11.9 Å². The van der Waals surface area contributed by atoms with E-state index in [4.69, 9.17) is 4.42 Å². The van der Waals surface area contributed by atoms with Gasteiger partial charge in [0.25, 0.3) is 0 Å². The molecule has 0 radical (unpaired) electrons. The van der Waals surface area contributed by atoms with Crippen LogP contribution in [-0.2, 0) is 0 Å². The van der Waals surface area contributed by atoms with Crippen LogP contribution < -0.4 is 10.6 Å². The van der Waals surface area contributed by atoms with Crippen LogP contribution in [0.3, 0.4) is 0 Å². The third-order valence-electron chi connectivity index (χ3n) is 3.22. The molecule has 3 N–H and O–H groups in total. The zero-order chi connectivity index (χ0) is 15.9. The Morgan fingerprint density at radius 1 is 1.43 bits per heavy atom. The van der Waals surface area contributed by atoms with Crippen LogP contribution >= 0.6 is 0 Å². The van der Waals surface area contributed by atoms with Crippen LogP contribution in [-0.4, -0.2) is 23.7 Å². The Hall–Kier alpha value is -1.49. The summed E-state index contributed by atoms with van der Waals surface area (Å²) in [6, 6.07) is 3.14. The maximum atomic E-state index is 11.7. The van der Waals surface area contributed by atoms with E-state index in [1.54, 1.807) is 12.1 Å². The molecule has 21 heavy (non-hydrogen) atoms. The van der Waals surface area contributed by atoms with Gasteiger partial charge in [-0.05, 0) is 37.3 Å². The van der Waals surface area contributed by atoms with Crippen molar-refractivity contribution in [1.82, 2.24) is 10.6 Å². The largest absolute Gasteiger partial charge is 0.467 e. The zero-order valence-electron chi connectivity index (χ0n) is 13.5. The summed E-state index contributed by atoms with van der Waals surface area (Å²) in [5, 5.41) is 15.6. The van der Waals surface area contributed by atoms with E-state index in [1.165, 1.54) is 6.26 Å². The molecule has 0 aliphatic rings. The van der Waals surface area contributed by atoms with Crippen LogP contribution in [0.5, 0.6) is 0 Å². The first-order valence-electron chi connectivity index (χ1n) is 7.54. The second-order valence-electron chi connectivity index (χ2n) is 6.73. The van der Waals surface area contributed by atoms with Crippen LogP contribution in [0, 0.1) is 5.41 Å². The minimum Gasteiger partial charge on any atom is -0.467 e. The SMILES string of the molecule is CC(CC(O)c1ccco1)NC(=O)NCCCC(C)(C)C. The summed E-state index contributed by atoms with van der Waals surface area (Å²) in [5.41, 5.74) is 0.290. The molecule has 2 atom stereocenters. The lowest BCUT2D eigenvalue weighted by Gasteiger charge is -2.19. The van der Waals surface area contributed by atoms with Crippen molar-refractivity contribution in [3.63, 3.8) is 0 Å². The van der Waals surface area contributed by atoms with E-state index in [0.29, 0.717) is 24.1 Å². The predicted octanol–water partition coefficient (Wildman–Crippen LogP) is 3.22. The molecule has 0 saturated carbocycles. The van der Waals surface area contributed by atoms with E-state index in [1.807, 2.05) is 6.92 Å². The number of urea groups is 1. The fourth-order valence-electron chi connectivity index (χ4n) is 2.09. The van der Waals surface area contributed by atoms with Crippen LogP contribution in [0.2, 0.25) is 0 Å². The summed E-state index contributed by atoms with van der Waals surface area (Å²) in [4.78, 5) is 11.7. The Kier molecular flexibility index (Phi) is 6.75. The molecule has 2 amide bonds. The molecule has 0 aliphatic carbocycles. The number of carbonyl (C=O) groups is 1. The topological polar surface area (TPSA) is 74.5 Å². The molecule has 5 heteroatoms. The number of nitrogens with one attached hydrogen (secondary N) is 2. The number of carbonyl (C=O) groups excluding carboxylic acids is 1. The second kappa shape index (κ2) is 8.08. The summed E-state index contributed by atoms with van der Waals surface area (Å²) in [6.45, 7) is 9.08. The van der Waals surface area contributed by atoms with Gasteiger partial charge >= 0.3 is 6.03 Å². The standard InChI is InChI=1S/C16H28N2O3/c1-12(11-13(19)14-7-5-10-21-14)18-15(20)17-9-6-8-16(2,3)4/h5,7,10,12-13,19H,6,8-9,11H2,1-4H3,(H2,17,18,20). The number of furan rings is 1. The van der Waals surface area contributed by atoms with Gasteiger partial charge < -0.3 is 20.2 Å². The molecule has 0 bridgehead atoms. The van der Waals surface area contributed by atoms with Gasteiger partial charge in [0, 0.05) is 19.0 Å². The zero-order valence-corrected chi connectivity index (χ0v) is 13.5. The van der Waals surface area contributed by atoms with E-state index in [2.05, 4.69) is 31.4 Å². The van der Waals surface area contributed by atoms with Crippen LogP contribution in [0.15, 0.2) is 22.8 Å². The van der Waals surface area contributed by atoms with E-state index in [9.17, 15) is 9.90 Å². The molecule has 120 valence electrons. The smallest absolute Gasteiger partial charge is 0.314 e. The Morgan fingerprint density at radius 3 is 2.71 bits per heavy atom. The first kappa shape index (κ1) is 17.6. The normalized spacial score (nSPS) is 14.5. The number of aliphatic hydroxyl groups excluding tert-OH is 1. The summed E-state index contributed by atoms with van der Waals surface area (Å²) < 4.78 is 5.13. The van der Waals surface area contributed by atoms with Crippen LogP contribution in [0.25, 0.3) is 0 Å². The van der Waals surface area contributed by atoms with Gasteiger partial charge in [-0.25, -0.2) is 4.79 Å². The summed E-state index contributed by atoms with van der Waals surface area (Å²) in [6.07, 6.45) is 3.28. The average molecular weight is 296 g/mol. The van der Waals surface area contributed by atoms with Crippen molar-refractivity contribution in [2.45, 2.75) is 59.1 Å².